The van der Waals surface area contributed by atoms with Gasteiger partial charge in [-0.2, -0.15) is 0 Å². The van der Waals surface area contributed by atoms with Crippen molar-refractivity contribution in [1.29, 1.82) is 0 Å². The zero-order chi connectivity index (χ0) is 11.6. The van der Waals surface area contributed by atoms with E-state index in [1.54, 1.807) is 0 Å². The minimum atomic E-state index is -0.923. The van der Waals surface area contributed by atoms with Crippen LogP contribution >= 0.6 is 0 Å². The molecule has 86 valence electrons. The van der Waals surface area contributed by atoms with Crippen molar-refractivity contribution in [3.63, 3.8) is 0 Å². The van der Waals surface area contributed by atoms with Crippen molar-refractivity contribution in [1.82, 2.24) is 4.90 Å². The molecule has 0 aromatic heterocycles. The smallest absolute Gasteiger partial charge is 0.0919 e. The molecule has 0 aliphatic rings. The van der Waals surface area contributed by atoms with E-state index >= 15 is 0 Å². The minimum absolute atomic E-state index is 0.206. The largest absolute Gasteiger partial charge is 0.394 e. The number of aliphatic hydroxyl groups is 2. The van der Waals surface area contributed by atoms with Gasteiger partial charge in [-0.15, -0.1) is 0 Å². The molecule has 2 atom stereocenters. The van der Waals surface area contributed by atoms with Crippen LogP contribution in [0, 0.1) is 0 Å². The lowest BCUT2D eigenvalue weighted by molar-refractivity contribution is -0.0516. The average molecular weight is 204 g/mol. The lowest BCUT2D eigenvalue weighted by atomic mass is 9.79. The lowest BCUT2D eigenvalue weighted by Gasteiger charge is -2.45. The third-order valence-corrected chi connectivity index (χ3v) is 3.32. The predicted molar refractivity (Wildman–Crippen MR) is 58.1 cm³/mol. The topological polar surface area (TPSA) is 69.7 Å². The van der Waals surface area contributed by atoms with Crippen LogP contribution in [0.3, 0.4) is 0 Å². The molecule has 0 aliphatic heterocycles. The predicted octanol–water partition coefficient (Wildman–Crippen LogP) is -0.213. The first-order valence-corrected chi connectivity index (χ1v) is 4.97. The maximum atomic E-state index is 10.1. The Morgan fingerprint density at radius 3 is 2.00 bits per heavy atom. The third-order valence-electron chi connectivity index (χ3n) is 3.32. The standard InChI is InChI=1S/C10H24N2O2/c1-6-10(11,7-13)8(14)9(2,3)12(4)5/h8,13-14H,6-7,11H2,1-5H3. The molecule has 0 bridgehead atoms. The van der Waals surface area contributed by atoms with Gasteiger partial charge < -0.3 is 20.8 Å². The molecule has 0 fully saturated rings. The Bertz CT molecular complexity index is 172. The van der Waals surface area contributed by atoms with Crippen LogP contribution in [-0.2, 0) is 0 Å². The van der Waals surface area contributed by atoms with Crippen LogP contribution in [-0.4, -0.2) is 53.0 Å². The van der Waals surface area contributed by atoms with E-state index in [0.717, 1.165) is 0 Å². The SMILES string of the molecule is CCC(N)(CO)C(O)C(C)(C)N(C)C. The summed E-state index contributed by atoms with van der Waals surface area (Å²) in [7, 11) is 3.77. The quantitative estimate of drug-likeness (QED) is 0.579. The van der Waals surface area contributed by atoms with Crippen LogP contribution in [0.4, 0.5) is 0 Å². The molecular formula is C10H24N2O2. The highest BCUT2D eigenvalue weighted by Crippen LogP contribution is 2.25. The normalized spacial score (nSPS) is 19.5. The van der Waals surface area contributed by atoms with Crippen molar-refractivity contribution in [3.05, 3.63) is 0 Å². The molecule has 0 spiro atoms. The minimum Gasteiger partial charge on any atom is -0.394 e. The third kappa shape index (κ3) is 2.45. The van der Waals surface area contributed by atoms with E-state index < -0.39 is 17.2 Å². The van der Waals surface area contributed by atoms with Gasteiger partial charge in [-0.3, -0.25) is 0 Å². The summed E-state index contributed by atoms with van der Waals surface area (Å²) >= 11 is 0. The van der Waals surface area contributed by atoms with E-state index in [2.05, 4.69) is 0 Å². The number of nitrogens with zero attached hydrogens (tertiary/aromatic N) is 1. The summed E-state index contributed by atoms with van der Waals surface area (Å²) in [5, 5.41) is 19.3. The molecular weight excluding hydrogens is 180 g/mol. The molecule has 0 aromatic rings. The molecule has 0 radical (unpaired) electrons. The van der Waals surface area contributed by atoms with Gasteiger partial charge in [0.25, 0.3) is 0 Å². The Morgan fingerprint density at radius 1 is 1.36 bits per heavy atom. The molecule has 0 amide bonds. The fourth-order valence-corrected chi connectivity index (χ4v) is 1.34. The van der Waals surface area contributed by atoms with Gasteiger partial charge in [0.1, 0.15) is 0 Å². The van der Waals surface area contributed by atoms with Gasteiger partial charge in [-0.25, -0.2) is 0 Å². The van der Waals surface area contributed by atoms with Gasteiger partial charge in [0.2, 0.25) is 0 Å². The summed E-state index contributed by atoms with van der Waals surface area (Å²) in [5.41, 5.74) is 4.56. The zero-order valence-corrected chi connectivity index (χ0v) is 9.91. The lowest BCUT2D eigenvalue weighted by Crippen LogP contribution is -2.65. The number of hydrogen-bond donors (Lipinski definition) is 3. The second-order valence-corrected chi connectivity index (χ2v) is 4.70. The van der Waals surface area contributed by atoms with Gasteiger partial charge in [0.05, 0.1) is 18.2 Å². The maximum absolute atomic E-state index is 10.1. The number of nitrogens with two attached hydrogens (primary N) is 1. The highest BCUT2D eigenvalue weighted by atomic mass is 16.3. The first kappa shape index (κ1) is 13.8. The van der Waals surface area contributed by atoms with E-state index in [9.17, 15) is 10.2 Å². The van der Waals surface area contributed by atoms with Gasteiger partial charge in [0, 0.05) is 5.54 Å². The summed E-state index contributed by atoms with van der Waals surface area (Å²) in [6, 6.07) is 0. The van der Waals surface area contributed by atoms with Crippen molar-refractivity contribution < 1.29 is 10.2 Å². The van der Waals surface area contributed by atoms with Crippen LogP contribution in [0.5, 0.6) is 0 Å². The van der Waals surface area contributed by atoms with E-state index in [4.69, 9.17) is 5.73 Å². The molecule has 0 aliphatic carbocycles. The number of likely N-dealkylation sites (N-methyl/N-ethyl adjacent to an activating group) is 1. The van der Waals surface area contributed by atoms with E-state index in [-0.39, 0.29) is 6.61 Å². The highest BCUT2D eigenvalue weighted by molar-refractivity contribution is 5.01. The van der Waals surface area contributed by atoms with Crippen LogP contribution in [0.2, 0.25) is 0 Å². The fraction of sp³-hybridized carbons (Fsp3) is 1.00. The summed E-state index contributed by atoms with van der Waals surface area (Å²) in [6.45, 7) is 5.47. The van der Waals surface area contributed by atoms with Crippen molar-refractivity contribution >= 4 is 0 Å². The molecule has 0 rings (SSSR count). The maximum Gasteiger partial charge on any atom is 0.0919 e. The first-order chi connectivity index (χ1) is 6.22. The van der Waals surface area contributed by atoms with Gasteiger partial charge in [0.15, 0.2) is 0 Å². The number of hydrogen-bond acceptors (Lipinski definition) is 4. The first-order valence-electron chi connectivity index (χ1n) is 4.97. The van der Waals surface area contributed by atoms with E-state index in [1.807, 2.05) is 39.8 Å². The molecule has 4 nitrogen and oxygen atoms in total. The molecule has 4 heteroatoms. The van der Waals surface area contributed by atoms with Crippen molar-refractivity contribution in [3.8, 4) is 0 Å². The Balaban J connectivity index is 4.82. The van der Waals surface area contributed by atoms with E-state index in [1.165, 1.54) is 0 Å². The van der Waals surface area contributed by atoms with Gasteiger partial charge in [-0.1, -0.05) is 6.92 Å². The molecule has 0 saturated carbocycles. The molecule has 2 unspecified atom stereocenters. The molecule has 0 heterocycles. The summed E-state index contributed by atoms with van der Waals surface area (Å²) in [4.78, 5) is 1.91. The second kappa shape index (κ2) is 4.57. The van der Waals surface area contributed by atoms with Crippen molar-refractivity contribution in [2.24, 2.45) is 5.73 Å². The molecule has 0 saturated heterocycles. The molecule has 4 N–H and O–H groups in total. The average Bonchev–Trinajstić information content (AvgIpc) is 2.15. The highest BCUT2D eigenvalue weighted by Gasteiger charge is 2.42. The van der Waals surface area contributed by atoms with Crippen LogP contribution in [0.25, 0.3) is 0 Å². The van der Waals surface area contributed by atoms with E-state index in [0.29, 0.717) is 6.42 Å². The molecule has 14 heavy (non-hydrogen) atoms. The fourth-order valence-electron chi connectivity index (χ4n) is 1.34. The van der Waals surface area contributed by atoms with Crippen LogP contribution in [0.1, 0.15) is 27.2 Å². The second-order valence-electron chi connectivity index (χ2n) is 4.70. The summed E-state index contributed by atoms with van der Waals surface area (Å²) in [5.74, 6) is 0. The monoisotopic (exact) mass is 204 g/mol. The zero-order valence-electron chi connectivity index (χ0n) is 9.91. The van der Waals surface area contributed by atoms with Gasteiger partial charge in [-0.05, 0) is 34.4 Å². The Kier molecular flexibility index (Phi) is 4.52. The number of rotatable bonds is 5. The van der Waals surface area contributed by atoms with Crippen LogP contribution in [0.15, 0.2) is 0 Å². The summed E-state index contributed by atoms with van der Waals surface area (Å²) < 4.78 is 0. The number of aliphatic hydroxyl groups excluding tert-OH is 2. The van der Waals surface area contributed by atoms with Gasteiger partial charge >= 0.3 is 0 Å². The summed E-state index contributed by atoms with van der Waals surface area (Å²) in [6.07, 6.45) is -0.220. The Morgan fingerprint density at radius 2 is 1.79 bits per heavy atom. The van der Waals surface area contributed by atoms with Crippen LogP contribution < -0.4 is 5.73 Å². The Hall–Kier alpha value is -0.160. The Labute approximate surface area is 86.7 Å². The van der Waals surface area contributed by atoms with Crippen molar-refractivity contribution in [2.75, 3.05) is 20.7 Å². The van der Waals surface area contributed by atoms with Crippen molar-refractivity contribution in [2.45, 2.75) is 44.4 Å². The molecule has 0 aromatic carbocycles.